The number of carbonyl (C=O) groups is 1. The van der Waals surface area contributed by atoms with E-state index in [0.29, 0.717) is 33.7 Å². The SMILES string of the molecule is CCSc1nnc2c(n1)OC(c1cc(Br)ccc1OC)N(C(C)=O)c1ccccc1-2. The van der Waals surface area contributed by atoms with Crippen molar-refractivity contribution in [1.29, 1.82) is 0 Å². The Balaban J connectivity index is 1.98. The molecule has 2 heterocycles. The smallest absolute Gasteiger partial charge is 0.247 e. The monoisotopic (exact) mass is 486 g/mol. The number of para-hydroxylation sites is 1. The van der Waals surface area contributed by atoms with E-state index in [2.05, 4.69) is 31.1 Å². The third-order valence-corrected chi connectivity index (χ3v) is 5.80. The van der Waals surface area contributed by atoms with E-state index in [9.17, 15) is 4.79 Å². The van der Waals surface area contributed by atoms with Crippen LogP contribution in [-0.4, -0.2) is 34.0 Å². The van der Waals surface area contributed by atoms with Crippen molar-refractivity contribution in [2.45, 2.75) is 25.2 Å². The van der Waals surface area contributed by atoms with Crippen LogP contribution in [0.15, 0.2) is 52.1 Å². The van der Waals surface area contributed by atoms with Crippen molar-refractivity contribution in [3.8, 4) is 22.9 Å². The topological polar surface area (TPSA) is 77.4 Å². The van der Waals surface area contributed by atoms with Crippen LogP contribution < -0.4 is 14.4 Å². The molecule has 3 aromatic rings. The Hall–Kier alpha value is -2.65. The van der Waals surface area contributed by atoms with Crippen LogP contribution in [0.1, 0.15) is 25.6 Å². The molecule has 1 aliphatic rings. The summed E-state index contributed by atoms with van der Waals surface area (Å²) in [5, 5.41) is 9.13. The molecule has 9 heteroatoms. The number of amides is 1. The maximum atomic E-state index is 12.8. The lowest BCUT2D eigenvalue weighted by Crippen LogP contribution is -2.36. The van der Waals surface area contributed by atoms with Crippen LogP contribution in [0.3, 0.4) is 0 Å². The van der Waals surface area contributed by atoms with Crippen LogP contribution in [-0.2, 0) is 4.79 Å². The fourth-order valence-corrected chi connectivity index (χ4v) is 4.23. The second-order valence-corrected chi connectivity index (χ2v) is 8.59. The van der Waals surface area contributed by atoms with Gasteiger partial charge in [-0.05, 0) is 30.0 Å². The standard InChI is InChI=1S/C21H19BrN4O3S/c1-4-30-21-23-19-18(24-25-21)14-7-5-6-8-16(14)26(12(2)27)20(29-19)15-11-13(22)9-10-17(15)28-3/h5-11,20H,4H2,1-3H3. The molecule has 0 radical (unpaired) electrons. The van der Waals surface area contributed by atoms with E-state index >= 15 is 0 Å². The van der Waals surface area contributed by atoms with E-state index in [1.807, 2.05) is 49.4 Å². The Morgan fingerprint density at radius 1 is 1.27 bits per heavy atom. The van der Waals surface area contributed by atoms with Gasteiger partial charge >= 0.3 is 0 Å². The van der Waals surface area contributed by atoms with Gasteiger partial charge in [-0.3, -0.25) is 9.69 Å². The van der Waals surface area contributed by atoms with Gasteiger partial charge in [0.2, 0.25) is 23.2 Å². The summed E-state index contributed by atoms with van der Waals surface area (Å²) in [6.45, 7) is 3.52. The number of thioether (sulfide) groups is 1. The van der Waals surface area contributed by atoms with Gasteiger partial charge in [-0.15, -0.1) is 10.2 Å². The van der Waals surface area contributed by atoms with E-state index < -0.39 is 6.23 Å². The number of carbonyl (C=O) groups excluding carboxylic acids is 1. The number of ether oxygens (including phenoxy) is 2. The minimum atomic E-state index is -0.798. The van der Waals surface area contributed by atoms with Crippen LogP contribution >= 0.6 is 27.7 Å². The van der Waals surface area contributed by atoms with Gasteiger partial charge in [0.15, 0.2) is 5.69 Å². The number of fused-ring (bicyclic) bond motifs is 3. The minimum absolute atomic E-state index is 0.182. The molecule has 154 valence electrons. The number of methoxy groups -OCH3 is 1. The Morgan fingerprint density at radius 3 is 2.80 bits per heavy atom. The molecule has 0 bridgehead atoms. The summed E-state index contributed by atoms with van der Waals surface area (Å²) in [6.07, 6.45) is -0.798. The van der Waals surface area contributed by atoms with E-state index in [0.717, 1.165) is 15.8 Å². The third-order valence-electron chi connectivity index (χ3n) is 4.58. The van der Waals surface area contributed by atoms with Crippen molar-refractivity contribution in [2.24, 2.45) is 0 Å². The lowest BCUT2D eigenvalue weighted by Gasteiger charge is -2.30. The van der Waals surface area contributed by atoms with Crippen molar-refractivity contribution >= 4 is 39.3 Å². The summed E-state index contributed by atoms with van der Waals surface area (Å²) in [7, 11) is 1.59. The molecule has 0 saturated carbocycles. The van der Waals surface area contributed by atoms with Crippen molar-refractivity contribution in [1.82, 2.24) is 15.2 Å². The summed E-state index contributed by atoms with van der Waals surface area (Å²) in [4.78, 5) is 19.0. The average Bonchev–Trinajstić information content (AvgIpc) is 2.88. The summed E-state index contributed by atoms with van der Waals surface area (Å²) in [6, 6.07) is 13.1. The molecule has 0 N–H and O–H groups in total. The first-order valence-electron chi connectivity index (χ1n) is 9.30. The first-order chi connectivity index (χ1) is 14.5. The molecule has 1 atom stereocenters. The predicted molar refractivity (Wildman–Crippen MR) is 119 cm³/mol. The van der Waals surface area contributed by atoms with Crippen LogP contribution in [0, 0.1) is 0 Å². The van der Waals surface area contributed by atoms with Gasteiger partial charge in [-0.25, -0.2) is 0 Å². The maximum Gasteiger partial charge on any atom is 0.247 e. The second-order valence-electron chi connectivity index (χ2n) is 6.44. The molecule has 4 rings (SSSR count). The molecular weight excluding hydrogens is 468 g/mol. The van der Waals surface area contributed by atoms with Crippen LogP contribution in [0.25, 0.3) is 11.3 Å². The Morgan fingerprint density at radius 2 is 2.07 bits per heavy atom. The molecule has 0 spiro atoms. The number of anilines is 1. The summed E-state index contributed by atoms with van der Waals surface area (Å²) >= 11 is 4.98. The summed E-state index contributed by atoms with van der Waals surface area (Å²) in [5.74, 6) is 1.54. The first kappa shape index (κ1) is 20.6. The molecular formula is C21H19BrN4O3S. The predicted octanol–water partition coefficient (Wildman–Crippen LogP) is 4.87. The lowest BCUT2D eigenvalue weighted by molar-refractivity contribution is -0.118. The lowest BCUT2D eigenvalue weighted by atomic mass is 10.1. The van der Waals surface area contributed by atoms with Crippen molar-refractivity contribution < 1.29 is 14.3 Å². The molecule has 0 aliphatic carbocycles. The van der Waals surface area contributed by atoms with Gasteiger partial charge in [-0.2, -0.15) is 4.98 Å². The second kappa shape index (κ2) is 8.61. The summed E-state index contributed by atoms with van der Waals surface area (Å²) < 4.78 is 12.8. The molecule has 0 fully saturated rings. The van der Waals surface area contributed by atoms with Gasteiger partial charge < -0.3 is 9.47 Å². The molecule has 2 aromatic carbocycles. The molecule has 1 aliphatic heterocycles. The number of nitrogens with zero attached hydrogens (tertiary/aromatic N) is 4. The average molecular weight is 487 g/mol. The molecule has 30 heavy (non-hydrogen) atoms. The Labute approximate surface area is 186 Å². The minimum Gasteiger partial charge on any atom is -0.496 e. The largest absolute Gasteiger partial charge is 0.496 e. The highest BCUT2D eigenvalue weighted by Crippen LogP contribution is 2.45. The van der Waals surface area contributed by atoms with Gasteiger partial charge in [0.1, 0.15) is 5.75 Å². The zero-order chi connectivity index (χ0) is 21.3. The van der Waals surface area contributed by atoms with Crippen LogP contribution in [0.4, 0.5) is 5.69 Å². The van der Waals surface area contributed by atoms with Gasteiger partial charge in [0, 0.05) is 17.0 Å². The fraction of sp³-hybridized carbons (Fsp3) is 0.238. The molecule has 7 nitrogen and oxygen atoms in total. The quantitative estimate of drug-likeness (QED) is 0.486. The number of hydrogen-bond donors (Lipinski definition) is 0. The van der Waals surface area contributed by atoms with E-state index in [4.69, 9.17) is 9.47 Å². The normalized spacial score (nSPS) is 14.9. The number of hydrogen-bond acceptors (Lipinski definition) is 7. The fourth-order valence-electron chi connectivity index (χ4n) is 3.34. The maximum absolute atomic E-state index is 12.8. The Kier molecular flexibility index (Phi) is 5.92. The van der Waals surface area contributed by atoms with Crippen molar-refractivity contribution in [3.63, 3.8) is 0 Å². The number of halogens is 1. The van der Waals surface area contributed by atoms with Crippen LogP contribution in [0.2, 0.25) is 0 Å². The van der Waals surface area contributed by atoms with E-state index in [-0.39, 0.29) is 5.91 Å². The van der Waals surface area contributed by atoms with E-state index in [1.165, 1.54) is 18.7 Å². The van der Waals surface area contributed by atoms with E-state index in [1.54, 1.807) is 12.0 Å². The zero-order valence-electron chi connectivity index (χ0n) is 16.6. The summed E-state index contributed by atoms with van der Waals surface area (Å²) in [5.41, 5.74) is 2.58. The van der Waals surface area contributed by atoms with Gasteiger partial charge in [0.25, 0.3) is 0 Å². The molecule has 1 unspecified atom stereocenters. The van der Waals surface area contributed by atoms with Crippen molar-refractivity contribution in [3.05, 3.63) is 52.5 Å². The third kappa shape index (κ3) is 3.75. The Bertz CT molecular complexity index is 1110. The van der Waals surface area contributed by atoms with Gasteiger partial charge in [-0.1, -0.05) is 52.8 Å². The highest BCUT2D eigenvalue weighted by atomic mass is 79.9. The highest BCUT2D eigenvalue weighted by molar-refractivity contribution is 9.10. The van der Waals surface area contributed by atoms with Crippen LogP contribution in [0.5, 0.6) is 11.6 Å². The number of rotatable bonds is 4. The first-order valence-corrected chi connectivity index (χ1v) is 11.1. The molecule has 1 aromatic heterocycles. The molecule has 0 saturated heterocycles. The number of aromatic nitrogens is 3. The van der Waals surface area contributed by atoms with Gasteiger partial charge in [0.05, 0.1) is 18.4 Å². The number of benzene rings is 2. The van der Waals surface area contributed by atoms with Crippen molar-refractivity contribution in [2.75, 3.05) is 17.8 Å². The zero-order valence-corrected chi connectivity index (χ0v) is 19.0. The molecule has 1 amide bonds. The highest BCUT2D eigenvalue weighted by Gasteiger charge is 2.36.